The lowest BCUT2D eigenvalue weighted by Gasteiger charge is -2.45. The fraction of sp³-hybridized carbons (Fsp3) is 0.421. The Balaban J connectivity index is 0.000000328. The number of hydrogen-bond donors (Lipinski definition) is 0. The molecule has 1 aliphatic heterocycles. The summed E-state index contributed by atoms with van der Waals surface area (Å²) in [5.74, 6) is 0. The van der Waals surface area contributed by atoms with Crippen LogP contribution in [0.15, 0.2) is 53.7 Å². The van der Waals surface area contributed by atoms with Gasteiger partial charge in [-0.3, -0.25) is 4.98 Å². The molecule has 47 heavy (non-hydrogen) atoms. The Bertz CT molecular complexity index is 1240. The Morgan fingerprint density at radius 1 is 0.745 bits per heavy atom. The van der Waals surface area contributed by atoms with Crippen LogP contribution in [0.25, 0.3) is 0 Å². The molecule has 0 aliphatic carbocycles. The highest BCUT2D eigenvalue weighted by atomic mass is 32.2. The smallest absolute Gasteiger partial charge is 0.243 e. The number of pyridine rings is 1. The highest BCUT2D eigenvalue weighted by Gasteiger charge is 2.47. The van der Waals surface area contributed by atoms with E-state index in [0.29, 0.717) is 11.4 Å². The lowest BCUT2D eigenvalue weighted by Crippen LogP contribution is -2.83. The molecule has 0 spiro atoms. The van der Waals surface area contributed by atoms with Gasteiger partial charge in [0.2, 0.25) is 10.0 Å². The molecule has 4 nitrogen and oxygen atoms in total. The quantitative estimate of drug-likeness (QED) is 0.194. The Kier molecular flexibility index (Phi) is 18.8. The van der Waals surface area contributed by atoms with E-state index < -0.39 is 73.9 Å². The van der Waals surface area contributed by atoms with Crippen molar-refractivity contribution >= 4 is 174 Å². The number of rotatable bonds is 15. The number of hydrogen-bond acceptors (Lipinski definition) is 3. The standard InChI is InChI=1S/C19H24N2O2S.B23/c1-16-5-9-19(10-6-16)24(22,23)21-15-3-2-4-18(21)8-7-17-11-13-20-14-12-17;1-13-19(12)22(18(10)11)23(20(14(2)3)15(4)5)21(16(6)7)17(8)9/h5-6,9-14,18H,2-4,7-8,15H2,1H3;. The first-order valence-corrected chi connectivity index (χ1v) is 17.3. The molecule has 1 aliphatic rings. The average molecular weight is 593 g/mol. The fourth-order valence-corrected chi connectivity index (χ4v) is 8.24. The zero-order chi connectivity index (χ0) is 35.5. The summed E-state index contributed by atoms with van der Waals surface area (Å²) in [6.45, 7) is 2.59. The van der Waals surface area contributed by atoms with Gasteiger partial charge < -0.3 is 0 Å². The Morgan fingerprint density at radius 3 is 1.68 bits per heavy atom. The van der Waals surface area contributed by atoms with Crippen molar-refractivity contribution in [2.45, 2.75) is 50.0 Å². The van der Waals surface area contributed by atoms with E-state index in [4.69, 9.17) is 92.8 Å². The van der Waals surface area contributed by atoms with Crippen molar-refractivity contribution in [3.63, 3.8) is 0 Å². The van der Waals surface area contributed by atoms with Crippen LogP contribution in [-0.4, -0.2) is 194 Å². The van der Waals surface area contributed by atoms with Crippen molar-refractivity contribution in [3.8, 4) is 0 Å². The van der Waals surface area contributed by atoms with Crippen molar-refractivity contribution in [1.29, 1.82) is 0 Å². The van der Waals surface area contributed by atoms with Gasteiger partial charge in [0.05, 0.1) is 4.90 Å². The third kappa shape index (κ3) is 12.5. The van der Waals surface area contributed by atoms with E-state index in [0.717, 1.165) is 37.7 Å². The van der Waals surface area contributed by atoms with Crippen LogP contribution in [-0.2, 0) is 16.4 Å². The molecule has 0 N–H and O–H groups in total. The normalized spacial score (nSPS) is 14.4. The summed E-state index contributed by atoms with van der Waals surface area (Å²) in [5.41, 5.74) is 2.28. The van der Waals surface area contributed by atoms with Crippen molar-refractivity contribution in [2.75, 3.05) is 6.54 Å². The molecule has 197 valence electrons. The van der Waals surface area contributed by atoms with Gasteiger partial charge in [0.1, 0.15) is 0 Å². The molecule has 0 saturated carbocycles. The van der Waals surface area contributed by atoms with Crippen LogP contribution in [0.2, 0.25) is 0 Å². The number of benzene rings is 1. The van der Waals surface area contributed by atoms with E-state index in [1.165, 1.54) is 12.6 Å². The number of piperidine rings is 1. The van der Waals surface area contributed by atoms with Gasteiger partial charge in [0.25, 0.3) is 0 Å². The maximum atomic E-state index is 13.0. The maximum Gasteiger partial charge on any atom is 0.243 e. The van der Waals surface area contributed by atoms with E-state index in [9.17, 15) is 8.42 Å². The van der Waals surface area contributed by atoms with Crippen molar-refractivity contribution in [2.24, 2.45) is 0 Å². The third-order valence-electron chi connectivity index (χ3n) is 8.94. The first kappa shape index (κ1) is 42.9. The van der Waals surface area contributed by atoms with Gasteiger partial charge in [0.15, 0.2) is 0 Å². The highest BCUT2D eigenvalue weighted by molar-refractivity contribution is 8.22. The number of aromatic nitrogens is 1. The average Bonchev–Trinajstić information content (AvgIpc) is 3.00. The molecule has 1 aromatic carbocycles. The lowest BCUT2D eigenvalue weighted by atomic mass is 8.36. The highest BCUT2D eigenvalue weighted by Crippen LogP contribution is 2.28. The minimum Gasteiger partial charge on any atom is -0.265 e. The number of nitrogens with zero attached hydrogens (tertiary/aromatic N) is 2. The summed E-state index contributed by atoms with van der Waals surface area (Å²) in [6.07, 6.45) is 0.270. The van der Waals surface area contributed by atoms with Gasteiger partial charge >= 0.3 is 0 Å². The molecule has 3 rings (SSSR count). The summed E-state index contributed by atoms with van der Waals surface area (Å²) in [5, 5.41) is 0. The Morgan fingerprint density at radius 2 is 1.23 bits per heavy atom. The second-order valence-corrected chi connectivity index (χ2v) is 14.3. The third-order valence-corrected chi connectivity index (χ3v) is 10.9. The zero-order valence-corrected chi connectivity index (χ0v) is 28.2. The lowest BCUT2D eigenvalue weighted by molar-refractivity contribution is 0.241. The van der Waals surface area contributed by atoms with Crippen LogP contribution in [0.4, 0.5) is 0 Å². The molecule has 2 heterocycles. The molecule has 2 aromatic rings. The van der Waals surface area contributed by atoms with E-state index in [-0.39, 0.29) is 6.04 Å². The van der Waals surface area contributed by atoms with Crippen LogP contribution in [0.3, 0.4) is 0 Å². The molecule has 28 heteroatoms. The molecule has 1 aromatic heterocycles. The van der Waals surface area contributed by atoms with Gasteiger partial charge in [0, 0.05) is 189 Å². The van der Waals surface area contributed by atoms with Crippen LogP contribution < -0.4 is 0 Å². The molecule has 1 unspecified atom stereocenters. The number of sulfonamides is 1. The maximum absolute atomic E-state index is 13.0. The van der Waals surface area contributed by atoms with Crippen molar-refractivity contribution in [1.82, 2.24) is 9.29 Å². The largest absolute Gasteiger partial charge is 0.265 e. The minimum atomic E-state index is -3.41. The molecular formula is C19H24B23N2O2S. The summed E-state index contributed by atoms with van der Waals surface area (Å²) < 4.78 is 27.8. The summed E-state index contributed by atoms with van der Waals surface area (Å²) in [4.78, 5) is 4.44. The van der Waals surface area contributed by atoms with E-state index in [1.54, 1.807) is 28.8 Å². The predicted octanol–water partition coefficient (Wildman–Crippen LogP) is -5.19. The van der Waals surface area contributed by atoms with E-state index in [2.05, 4.69) is 4.98 Å². The molecule has 25 radical (unpaired) electrons. The van der Waals surface area contributed by atoms with Crippen LogP contribution in [0.5, 0.6) is 0 Å². The SMILES string of the molecule is Cc1ccc(S(=O)(=O)N2CCCCC2CCc2ccncc2)cc1.[B][B]B([B])B(B([B])[B])B(B(B([B])[B])B([B])[B])B(B([B])[B])B([B])[B]. The molecule has 0 amide bonds. The Hall–Kier alpha value is -0.226. The second kappa shape index (κ2) is 20.6. The molecule has 1 saturated heterocycles. The minimum absolute atomic E-state index is 0.0817. The van der Waals surface area contributed by atoms with E-state index >= 15 is 0 Å². The predicted molar refractivity (Wildman–Crippen MR) is 228 cm³/mol. The fourth-order valence-electron chi connectivity index (χ4n) is 6.51. The zero-order valence-electron chi connectivity index (χ0n) is 27.3. The first-order chi connectivity index (χ1) is 22.0. The monoisotopic (exact) mass is 597 g/mol. The topological polar surface area (TPSA) is 50.3 Å². The van der Waals surface area contributed by atoms with Gasteiger partial charge in [-0.05, 0) is 62.4 Å². The van der Waals surface area contributed by atoms with Gasteiger partial charge in [-0.25, -0.2) is 8.42 Å². The summed E-state index contributed by atoms with van der Waals surface area (Å²) >= 11 is 0. The molecular weight excluding hydrogens is 569 g/mol. The van der Waals surface area contributed by atoms with Crippen LogP contribution in [0.1, 0.15) is 36.8 Å². The van der Waals surface area contributed by atoms with Crippen molar-refractivity contribution < 1.29 is 8.42 Å². The Labute approximate surface area is 306 Å². The molecule has 1 fully saturated rings. The molecule has 1 atom stereocenters. The van der Waals surface area contributed by atoms with Crippen LogP contribution >= 0.6 is 0 Å². The molecule has 0 bridgehead atoms. The van der Waals surface area contributed by atoms with Gasteiger partial charge in [-0.15, -0.1) is 0 Å². The van der Waals surface area contributed by atoms with Crippen LogP contribution in [0, 0.1) is 6.92 Å². The van der Waals surface area contributed by atoms with Gasteiger partial charge in [-0.1, -0.05) is 24.1 Å². The summed E-state index contributed by atoms with van der Waals surface area (Å²) in [7, 11) is 67.9. The first-order valence-electron chi connectivity index (χ1n) is 15.9. The van der Waals surface area contributed by atoms with Crippen molar-refractivity contribution in [3.05, 3.63) is 59.9 Å². The van der Waals surface area contributed by atoms with Gasteiger partial charge in [-0.2, -0.15) is 4.31 Å². The second-order valence-electron chi connectivity index (χ2n) is 12.4. The van der Waals surface area contributed by atoms with E-state index in [1.807, 2.05) is 31.2 Å². The summed E-state index contributed by atoms with van der Waals surface area (Å²) in [6, 6.07) is 11.3. The number of aryl methyl sites for hydroxylation is 2.